The Kier molecular flexibility index (Phi) is 9.31. The number of pyridine rings is 1. The molecular weight excluding hydrogens is 510 g/mol. The van der Waals surface area contributed by atoms with Crippen molar-refractivity contribution in [1.82, 2.24) is 19.5 Å². The molecule has 1 saturated heterocycles. The molecule has 1 amide bonds. The first-order chi connectivity index (χ1) is 18.3. The number of sulfonamides is 1. The number of aromatic nitrogens is 1. The number of likely N-dealkylation sites (N-methyl/N-ethyl adjacent to an activating group) is 1. The molecule has 0 bridgehead atoms. The van der Waals surface area contributed by atoms with E-state index < -0.39 is 33.5 Å². The van der Waals surface area contributed by atoms with Crippen molar-refractivity contribution in [2.24, 2.45) is 4.99 Å². The summed E-state index contributed by atoms with van der Waals surface area (Å²) in [4.78, 5) is 23.1. The van der Waals surface area contributed by atoms with Crippen LogP contribution in [0.4, 0.5) is 0 Å². The number of aliphatic imine (C=N–C) groups is 1. The number of hydrogen-bond acceptors (Lipinski definition) is 9. The minimum atomic E-state index is -3.90. The lowest BCUT2D eigenvalue weighted by Crippen LogP contribution is -2.53. The molecule has 0 aliphatic carbocycles. The van der Waals surface area contributed by atoms with E-state index in [2.05, 4.69) is 15.3 Å². The molecule has 2 N–H and O–H groups in total. The average Bonchev–Trinajstić information content (AvgIpc) is 3.60. The van der Waals surface area contributed by atoms with E-state index >= 15 is 0 Å². The van der Waals surface area contributed by atoms with Crippen LogP contribution in [0, 0.1) is 0 Å². The van der Waals surface area contributed by atoms with E-state index in [4.69, 9.17) is 9.47 Å². The molecule has 1 aromatic heterocycles. The second kappa shape index (κ2) is 12.7. The van der Waals surface area contributed by atoms with E-state index in [1.54, 1.807) is 18.0 Å². The van der Waals surface area contributed by atoms with Gasteiger partial charge >= 0.3 is 0 Å². The van der Waals surface area contributed by atoms with Crippen molar-refractivity contribution < 1.29 is 27.8 Å². The van der Waals surface area contributed by atoms with Gasteiger partial charge in [-0.2, -0.15) is 4.31 Å². The largest absolute Gasteiger partial charge is 0.481 e. The number of methoxy groups -OCH3 is 1. The minimum Gasteiger partial charge on any atom is -0.481 e. The number of nitrogens with zero attached hydrogens (tertiary/aromatic N) is 4. The Morgan fingerprint density at radius 3 is 2.76 bits per heavy atom. The highest BCUT2D eigenvalue weighted by Gasteiger charge is 2.38. The highest BCUT2D eigenvalue weighted by atomic mass is 32.2. The van der Waals surface area contributed by atoms with Crippen molar-refractivity contribution in [2.45, 2.75) is 42.9 Å². The SMILES string of the molecule is COc1cc(C(=O)NC(Cc2ccccc2)C(O)CN(CC2CCCO2)S(=O)(=O)C2CN(C)C=N2)ccn1. The van der Waals surface area contributed by atoms with E-state index in [9.17, 15) is 18.3 Å². The zero-order valence-electron chi connectivity index (χ0n) is 21.6. The first kappa shape index (κ1) is 28.0. The Morgan fingerprint density at radius 2 is 2.11 bits per heavy atom. The Bertz CT molecular complexity index is 1210. The maximum atomic E-state index is 13.6. The number of amides is 1. The number of carbonyl (C=O) groups excluding carboxylic acids is 1. The summed E-state index contributed by atoms with van der Waals surface area (Å²) < 4.78 is 39.3. The van der Waals surface area contributed by atoms with Crippen LogP contribution in [-0.4, -0.2) is 104 Å². The molecular formula is C26H35N5O6S. The summed E-state index contributed by atoms with van der Waals surface area (Å²) in [6.07, 6.45) is 3.40. The first-order valence-electron chi connectivity index (χ1n) is 12.6. The van der Waals surface area contributed by atoms with Crippen LogP contribution < -0.4 is 10.1 Å². The predicted molar refractivity (Wildman–Crippen MR) is 143 cm³/mol. The second-order valence-corrected chi connectivity index (χ2v) is 11.7. The molecule has 3 heterocycles. The van der Waals surface area contributed by atoms with Gasteiger partial charge in [0, 0.05) is 44.6 Å². The quantitative estimate of drug-likeness (QED) is 0.402. The molecule has 12 heteroatoms. The standard InChI is InChI=1S/C26H35N5O6S/c1-30-17-25(28-18-30)38(34,35)31(15-21-9-6-12-37-21)16-23(32)22(13-19-7-4-3-5-8-19)29-26(33)20-10-11-27-24(14-20)36-2/h3-5,7-8,10-11,14,18,21-23,25,32H,6,9,12-13,15-17H2,1-2H3,(H,29,33). The van der Waals surface area contributed by atoms with Gasteiger partial charge in [-0.15, -0.1) is 0 Å². The first-order valence-corrected chi connectivity index (χ1v) is 14.1. The van der Waals surface area contributed by atoms with Crippen molar-refractivity contribution in [3.63, 3.8) is 0 Å². The van der Waals surface area contributed by atoms with Gasteiger partial charge in [0.2, 0.25) is 15.9 Å². The fourth-order valence-corrected chi connectivity index (χ4v) is 6.28. The van der Waals surface area contributed by atoms with Gasteiger partial charge in [0.15, 0.2) is 5.37 Å². The minimum absolute atomic E-state index is 0.114. The zero-order valence-corrected chi connectivity index (χ0v) is 22.5. The van der Waals surface area contributed by atoms with Gasteiger partial charge in [-0.05, 0) is 30.9 Å². The number of carbonyl (C=O) groups is 1. The summed E-state index contributed by atoms with van der Waals surface area (Å²) in [5, 5.41) is 13.4. The number of hydrogen-bond donors (Lipinski definition) is 2. The number of benzene rings is 1. The topological polar surface area (TPSA) is 134 Å². The van der Waals surface area contributed by atoms with Crippen LogP contribution in [0.3, 0.4) is 0 Å². The molecule has 0 radical (unpaired) electrons. The summed E-state index contributed by atoms with van der Waals surface area (Å²) in [5.74, 6) is -0.144. The van der Waals surface area contributed by atoms with Gasteiger partial charge in [-0.3, -0.25) is 9.79 Å². The van der Waals surface area contributed by atoms with E-state index in [1.165, 1.54) is 30.0 Å². The molecule has 4 rings (SSSR count). The van der Waals surface area contributed by atoms with Crippen LogP contribution in [0.5, 0.6) is 5.88 Å². The van der Waals surface area contributed by atoms with Crippen molar-refractivity contribution in [1.29, 1.82) is 0 Å². The fourth-order valence-electron chi connectivity index (χ4n) is 4.57. The third kappa shape index (κ3) is 7.07. The van der Waals surface area contributed by atoms with Gasteiger partial charge in [0.05, 0.1) is 38.2 Å². The van der Waals surface area contributed by atoms with Gasteiger partial charge in [-0.1, -0.05) is 30.3 Å². The lowest BCUT2D eigenvalue weighted by molar-refractivity contribution is 0.0623. The van der Waals surface area contributed by atoms with Gasteiger partial charge in [0.25, 0.3) is 5.91 Å². The van der Waals surface area contributed by atoms with Crippen molar-refractivity contribution in [3.8, 4) is 5.88 Å². The predicted octanol–water partition coefficient (Wildman–Crippen LogP) is 0.903. The molecule has 1 fully saturated rings. The third-order valence-corrected chi connectivity index (χ3v) is 8.66. The normalized spacial score (nSPS) is 21.0. The summed E-state index contributed by atoms with van der Waals surface area (Å²) in [5.41, 5.74) is 1.20. The number of aliphatic hydroxyl groups is 1. The molecule has 11 nitrogen and oxygen atoms in total. The highest BCUT2D eigenvalue weighted by Crippen LogP contribution is 2.21. The van der Waals surface area contributed by atoms with E-state index in [1.807, 2.05) is 30.3 Å². The van der Waals surface area contributed by atoms with Crippen LogP contribution in [0.1, 0.15) is 28.8 Å². The molecule has 0 spiro atoms. The Balaban J connectivity index is 1.57. The number of aliphatic hydroxyl groups excluding tert-OH is 1. The average molecular weight is 546 g/mol. The Hall–Kier alpha value is -3.06. The lowest BCUT2D eigenvalue weighted by atomic mass is 10.0. The second-order valence-electron chi connectivity index (χ2n) is 9.58. The monoisotopic (exact) mass is 545 g/mol. The molecule has 4 atom stereocenters. The van der Waals surface area contributed by atoms with Gasteiger partial charge in [-0.25, -0.2) is 13.4 Å². The summed E-state index contributed by atoms with van der Waals surface area (Å²) in [6.45, 7) is 0.708. The number of rotatable bonds is 12. The summed E-state index contributed by atoms with van der Waals surface area (Å²) in [6, 6.07) is 11.7. The molecule has 2 aliphatic heterocycles. The highest BCUT2D eigenvalue weighted by molar-refractivity contribution is 7.89. The van der Waals surface area contributed by atoms with E-state index in [0.717, 1.165) is 18.4 Å². The Labute approximate surface area is 223 Å². The van der Waals surface area contributed by atoms with E-state index in [-0.39, 0.29) is 31.6 Å². The van der Waals surface area contributed by atoms with E-state index in [0.29, 0.717) is 18.6 Å². The summed E-state index contributed by atoms with van der Waals surface area (Å²) in [7, 11) is -0.675. The lowest BCUT2D eigenvalue weighted by Gasteiger charge is -2.32. The third-order valence-electron chi connectivity index (χ3n) is 6.69. The van der Waals surface area contributed by atoms with Gasteiger partial charge < -0.3 is 24.8 Å². The molecule has 2 aromatic rings. The maximum absolute atomic E-state index is 13.6. The van der Waals surface area contributed by atoms with Crippen LogP contribution in [-0.2, 0) is 21.2 Å². The Morgan fingerprint density at radius 1 is 1.32 bits per heavy atom. The zero-order chi connectivity index (χ0) is 27.1. The molecule has 38 heavy (non-hydrogen) atoms. The molecule has 0 saturated carbocycles. The summed E-state index contributed by atoms with van der Waals surface area (Å²) >= 11 is 0. The fraction of sp³-hybridized carbons (Fsp3) is 0.500. The smallest absolute Gasteiger partial charge is 0.251 e. The molecule has 2 aliphatic rings. The van der Waals surface area contributed by atoms with Crippen LogP contribution >= 0.6 is 0 Å². The van der Waals surface area contributed by atoms with Crippen LogP contribution in [0.25, 0.3) is 0 Å². The van der Waals surface area contributed by atoms with Crippen molar-refractivity contribution >= 4 is 22.3 Å². The molecule has 4 unspecified atom stereocenters. The van der Waals surface area contributed by atoms with Gasteiger partial charge in [0.1, 0.15) is 0 Å². The number of ether oxygens (including phenoxy) is 2. The van der Waals surface area contributed by atoms with Crippen molar-refractivity contribution in [3.05, 3.63) is 59.8 Å². The van der Waals surface area contributed by atoms with Crippen LogP contribution in [0.2, 0.25) is 0 Å². The molecule has 1 aromatic carbocycles. The van der Waals surface area contributed by atoms with Crippen molar-refractivity contribution in [2.75, 3.05) is 40.4 Å². The van der Waals surface area contributed by atoms with Crippen LogP contribution in [0.15, 0.2) is 53.7 Å². The molecule has 206 valence electrons. The maximum Gasteiger partial charge on any atom is 0.251 e. The number of nitrogens with one attached hydrogen (secondary N) is 1.